The molecule has 2 rings (SSSR count). The summed E-state index contributed by atoms with van der Waals surface area (Å²) in [5.41, 5.74) is -0.196. The van der Waals surface area contributed by atoms with E-state index in [1.807, 2.05) is 0 Å². The Balaban J connectivity index is 1.58. The monoisotopic (exact) mass is 268 g/mol. The van der Waals surface area contributed by atoms with Crippen molar-refractivity contribution in [2.75, 3.05) is 13.1 Å². The zero-order valence-corrected chi connectivity index (χ0v) is 12.3. The van der Waals surface area contributed by atoms with E-state index in [2.05, 4.69) is 24.5 Å². The minimum absolute atomic E-state index is 0.131. The van der Waals surface area contributed by atoms with Gasteiger partial charge in [-0.2, -0.15) is 0 Å². The molecule has 2 saturated carbocycles. The Kier molecular flexibility index (Phi) is 4.51. The van der Waals surface area contributed by atoms with Crippen molar-refractivity contribution in [1.29, 1.82) is 0 Å². The Morgan fingerprint density at radius 1 is 1.21 bits per heavy atom. The number of carbonyl (C=O) groups excluding carboxylic acids is 1. The van der Waals surface area contributed by atoms with E-state index in [0.717, 1.165) is 38.5 Å². The van der Waals surface area contributed by atoms with E-state index < -0.39 is 5.60 Å². The van der Waals surface area contributed by atoms with Gasteiger partial charge in [0.05, 0.1) is 5.60 Å². The summed E-state index contributed by atoms with van der Waals surface area (Å²) in [5.74, 6) is 0.131. The summed E-state index contributed by atoms with van der Waals surface area (Å²) in [6, 6.07) is 0.442. The standard InChI is InChI=1S/C15H28N2O2/c1-14(2)6-8-15(19,9-7-14)11-16-10-5-13(18)17-12-3-4-12/h12,16,19H,3-11H2,1-2H3,(H,17,18). The van der Waals surface area contributed by atoms with E-state index >= 15 is 0 Å². The summed E-state index contributed by atoms with van der Waals surface area (Å²) < 4.78 is 0. The lowest BCUT2D eigenvalue weighted by atomic mass is 9.71. The van der Waals surface area contributed by atoms with Crippen molar-refractivity contribution in [2.24, 2.45) is 5.41 Å². The van der Waals surface area contributed by atoms with Crippen LogP contribution in [0, 0.1) is 5.41 Å². The zero-order chi connectivity index (χ0) is 13.9. The second kappa shape index (κ2) is 5.80. The molecular formula is C15H28N2O2. The van der Waals surface area contributed by atoms with Gasteiger partial charge in [-0.3, -0.25) is 4.79 Å². The number of hydrogen-bond acceptors (Lipinski definition) is 3. The highest BCUT2D eigenvalue weighted by atomic mass is 16.3. The van der Waals surface area contributed by atoms with Gasteiger partial charge in [-0.05, 0) is 43.9 Å². The average Bonchev–Trinajstić information content (AvgIpc) is 3.14. The van der Waals surface area contributed by atoms with Gasteiger partial charge in [0, 0.05) is 25.6 Å². The molecule has 0 unspecified atom stereocenters. The van der Waals surface area contributed by atoms with Crippen molar-refractivity contribution in [3.05, 3.63) is 0 Å². The molecule has 2 fully saturated rings. The summed E-state index contributed by atoms with van der Waals surface area (Å²) in [6.45, 7) is 5.80. The maximum atomic E-state index is 11.5. The second-order valence-electron chi connectivity index (χ2n) is 7.16. The number of rotatable bonds is 6. The lowest BCUT2D eigenvalue weighted by Gasteiger charge is -2.40. The lowest BCUT2D eigenvalue weighted by molar-refractivity contribution is -0.121. The van der Waals surface area contributed by atoms with Gasteiger partial charge in [0.25, 0.3) is 0 Å². The highest BCUT2D eigenvalue weighted by molar-refractivity contribution is 5.76. The molecule has 0 spiro atoms. The maximum Gasteiger partial charge on any atom is 0.221 e. The van der Waals surface area contributed by atoms with Crippen LogP contribution in [0.15, 0.2) is 0 Å². The van der Waals surface area contributed by atoms with E-state index in [1.54, 1.807) is 0 Å². The number of nitrogens with one attached hydrogen (secondary N) is 2. The van der Waals surface area contributed by atoms with Gasteiger partial charge >= 0.3 is 0 Å². The van der Waals surface area contributed by atoms with E-state index in [9.17, 15) is 9.90 Å². The first kappa shape index (κ1) is 14.8. The van der Waals surface area contributed by atoms with Gasteiger partial charge < -0.3 is 15.7 Å². The normalized spacial score (nSPS) is 25.0. The maximum absolute atomic E-state index is 11.5. The minimum Gasteiger partial charge on any atom is -0.389 e. The Morgan fingerprint density at radius 3 is 2.42 bits per heavy atom. The van der Waals surface area contributed by atoms with Crippen LogP contribution in [0.5, 0.6) is 0 Å². The third-order valence-electron chi connectivity index (χ3n) is 4.46. The molecule has 0 aromatic heterocycles. The fourth-order valence-electron chi connectivity index (χ4n) is 2.62. The quantitative estimate of drug-likeness (QED) is 0.641. The fourth-order valence-corrected chi connectivity index (χ4v) is 2.62. The first-order valence-electron chi connectivity index (χ1n) is 7.61. The van der Waals surface area contributed by atoms with Gasteiger partial charge in [-0.15, -0.1) is 0 Å². The van der Waals surface area contributed by atoms with Crippen LogP contribution in [0.25, 0.3) is 0 Å². The average molecular weight is 268 g/mol. The fraction of sp³-hybridized carbons (Fsp3) is 0.933. The second-order valence-corrected chi connectivity index (χ2v) is 7.16. The van der Waals surface area contributed by atoms with Crippen LogP contribution in [0.1, 0.15) is 58.8 Å². The van der Waals surface area contributed by atoms with Crippen LogP contribution in [0.2, 0.25) is 0 Å². The van der Waals surface area contributed by atoms with Crippen molar-refractivity contribution in [1.82, 2.24) is 10.6 Å². The van der Waals surface area contributed by atoms with E-state index in [1.165, 1.54) is 0 Å². The van der Waals surface area contributed by atoms with Gasteiger partial charge in [-0.1, -0.05) is 13.8 Å². The topological polar surface area (TPSA) is 61.4 Å². The molecular weight excluding hydrogens is 240 g/mol. The molecule has 4 heteroatoms. The summed E-state index contributed by atoms with van der Waals surface area (Å²) in [4.78, 5) is 11.5. The number of aliphatic hydroxyl groups is 1. The van der Waals surface area contributed by atoms with Gasteiger partial charge in [0.2, 0.25) is 5.91 Å². The molecule has 0 atom stereocenters. The smallest absolute Gasteiger partial charge is 0.221 e. The Bertz CT molecular complexity index is 314. The molecule has 2 aliphatic rings. The molecule has 0 aliphatic heterocycles. The molecule has 4 nitrogen and oxygen atoms in total. The molecule has 0 radical (unpaired) electrons. The van der Waals surface area contributed by atoms with Crippen LogP contribution in [-0.2, 0) is 4.79 Å². The van der Waals surface area contributed by atoms with Crippen LogP contribution >= 0.6 is 0 Å². The molecule has 3 N–H and O–H groups in total. The van der Waals surface area contributed by atoms with Crippen molar-refractivity contribution in [3.63, 3.8) is 0 Å². The van der Waals surface area contributed by atoms with Gasteiger partial charge in [-0.25, -0.2) is 0 Å². The van der Waals surface area contributed by atoms with E-state index in [4.69, 9.17) is 0 Å². The number of amides is 1. The molecule has 0 heterocycles. The van der Waals surface area contributed by atoms with Gasteiger partial charge in [0.1, 0.15) is 0 Å². The Hall–Kier alpha value is -0.610. The van der Waals surface area contributed by atoms with Crippen LogP contribution in [-0.4, -0.2) is 35.7 Å². The Morgan fingerprint density at radius 2 is 1.84 bits per heavy atom. The number of carbonyl (C=O) groups is 1. The third kappa shape index (κ3) is 5.11. The van der Waals surface area contributed by atoms with Crippen LogP contribution in [0.4, 0.5) is 0 Å². The van der Waals surface area contributed by atoms with Gasteiger partial charge in [0.15, 0.2) is 0 Å². The van der Waals surface area contributed by atoms with Crippen molar-refractivity contribution >= 4 is 5.91 Å². The SMILES string of the molecule is CC1(C)CCC(O)(CNCCC(=O)NC2CC2)CC1. The zero-order valence-electron chi connectivity index (χ0n) is 12.3. The van der Waals surface area contributed by atoms with Crippen molar-refractivity contribution in [3.8, 4) is 0 Å². The van der Waals surface area contributed by atoms with E-state index in [0.29, 0.717) is 31.0 Å². The largest absolute Gasteiger partial charge is 0.389 e. The highest BCUT2D eigenvalue weighted by Crippen LogP contribution is 2.39. The summed E-state index contributed by atoms with van der Waals surface area (Å²) in [6.07, 6.45) is 6.66. The lowest BCUT2D eigenvalue weighted by Crippen LogP contribution is -2.45. The predicted octanol–water partition coefficient (Wildman–Crippen LogP) is 1.58. The molecule has 0 bridgehead atoms. The first-order valence-corrected chi connectivity index (χ1v) is 7.61. The summed E-state index contributed by atoms with van der Waals surface area (Å²) in [7, 11) is 0. The molecule has 0 saturated heterocycles. The predicted molar refractivity (Wildman–Crippen MR) is 75.9 cm³/mol. The third-order valence-corrected chi connectivity index (χ3v) is 4.46. The Labute approximate surface area is 116 Å². The number of hydrogen-bond donors (Lipinski definition) is 3. The highest BCUT2D eigenvalue weighted by Gasteiger charge is 2.36. The van der Waals surface area contributed by atoms with Crippen LogP contribution in [0.3, 0.4) is 0 Å². The molecule has 110 valence electrons. The molecule has 0 aromatic rings. The molecule has 1 amide bonds. The minimum atomic E-state index is -0.567. The first-order chi connectivity index (χ1) is 8.89. The van der Waals surface area contributed by atoms with Crippen molar-refractivity contribution < 1.29 is 9.90 Å². The van der Waals surface area contributed by atoms with Crippen molar-refractivity contribution in [2.45, 2.75) is 70.4 Å². The molecule has 0 aromatic carbocycles. The molecule has 2 aliphatic carbocycles. The van der Waals surface area contributed by atoms with E-state index in [-0.39, 0.29) is 5.91 Å². The molecule has 19 heavy (non-hydrogen) atoms. The van der Waals surface area contributed by atoms with Crippen LogP contribution < -0.4 is 10.6 Å². The summed E-state index contributed by atoms with van der Waals surface area (Å²) in [5, 5.41) is 16.7. The summed E-state index contributed by atoms with van der Waals surface area (Å²) >= 11 is 0.